The van der Waals surface area contributed by atoms with E-state index in [0.29, 0.717) is 0 Å². The van der Waals surface area contributed by atoms with Gasteiger partial charge in [-0.05, 0) is 6.92 Å². The van der Waals surface area contributed by atoms with E-state index in [1.165, 1.54) is 0 Å². The summed E-state index contributed by atoms with van der Waals surface area (Å²) in [6.07, 6.45) is -2.15. The molecule has 0 fully saturated rings. The van der Waals surface area contributed by atoms with Crippen molar-refractivity contribution in [1.29, 1.82) is 0 Å². The molecule has 0 heterocycles. The number of hydrogen-bond donors (Lipinski definition) is 6. The van der Waals surface area contributed by atoms with Gasteiger partial charge in [0, 0.05) is 0 Å². The molecule has 0 aromatic carbocycles. The quantitative estimate of drug-likeness (QED) is 0.261. The van der Waals surface area contributed by atoms with Crippen LogP contribution >= 0.6 is 0 Å². The molecule has 0 saturated carbocycles. The van der Waals surface area contributed by atoms with Crippen LogP contribution in [0.1, 0.15) is 6.92 Å². The first-order valence-electron chi connectivity index (χ1n) is 3.79. The molecule has 0 aliphatic carbocycles. The molecule has 1 atom stereocenters. The van der Waals surface area contributed by atoms with E-state index in [-0.39, 0.29) is 0 Å². The Bertz CT molecular complexity index is 143. The number of hydrogen-bond acceptors (Lipinski definition) is 6. The molecule has 6 nitrogen and oxygen atoms in total. The second-order valence-electron chi connectivity index (χ2n) is 3.28. The monoisotopic (exact) mass is 196 g/mol. The van der Waals surface area contributed by atoms with E-state index >= 15 is 0 Å². The third kappa shape index (κ3) is 1.98. The van der Waals surface area contributed by atoms with E-state index in [4.69, 9.17) is 25.5 Å². The number of rotatable bonds is 5. The van der Waals surface area contributed by atoms with Crippen molar-refractivity contribution >= 4 is 0 Å². The summed E-state index contributed by atoms with van der Waals surface area (Å²) in [6, 6.07) is 0. The topological polar surface area (TPSA) is 121 Å². The highest BCUT2D eigenvalue weighted by atomic mass is 16.5. The van der Waals surface area contributed by atoms with Crippen LogP contribution in [0.5, 0.6) is 0 Å². The van der Waals surface area contributed by atoms with Crippen molar-refractivity contribution in [3.8, 4) is 0 Å². The van der Waals surface area contributed by atoms with Crippen LogP contribution in [0.4, 0.5) is 0 Å². The van der Waals surface area contributed by atoms with Crippen LogP contribution in [0, 0.1) is 5.41 Å². The fourth-order valence-electron chi connectivity index (χ4n) is 0.904. The van der Waals surface area contributed by atoms with Gasteiger partial charge in [-0.2, -0.15) is 0 Å². The van der Waals surface area contributed by atoms with Crippen molar-refractivity contribution in [1.82, 2.24) is 0 Å². The summed E-state index contributed by atoms with van der Waals surface area (Å²) in [5.74, 6) is 0. The Balaban J connectivity index is 4.91. The van der Waals surface area contributed by atoms with E-state index in [9.17, 15) is 5.11 Å². The van der Waals surface area contributed by atoms with Gasteiger partial charge in [-0.3, -0.25) is 0 Å². The van der Waals surface area contributed by atoms with Crippen LogP contribution in [0.2, 0.25) is 0 Å². The lowest BCUT2D eigenvalue weighted by Crippen LogP contribution is -2.60. The average molecular weight is 196 g/mol. The van der Waals surface area contributed by atoms with Crippen LogP contribution in [0.25, 0.3) is 0 Å². The van der Waals surface area contributed by atoms with Gasteiger partial charge in [-0.15, -0.1) is 0 Å². The Kier molecular flexibility index (Phi) is 4.24. The minimum atomic E-state index is -2.18. The highest BCUT2D eigenvalue weighted by Gasteiger charge is 2.50. The SMILES string of the molecule is CC(O)(C(O)O)C(CO)(CO)CO. The minimum Gasteiger partial charge on any atom is -0.395 e. The summed E-state index contributed by atoms with van der Waals surface area (Å²) in [5.41, 5.74) is -3.91. The minimum absolute atomic E-state index is 0.759. The summed E-state index contributed by atoms with van der Waals surface area (Å²) in [5, 5.41) is 53.7. The van der Waals surface area contributed by atoms with E-state index in [2.05, 4.69) is 0 Å². The molecule has 13 heavy (non-hydrogen) atoms. The zero-order valence-corrected chi connectivity index (χ0v) is 7.38. The first-order chi connectivity index (χ1) is 5.88. The predicted molar refractivity (Wildman–Crippen MR) is 42.5 cm³/mol. The Morgan fingerprint density at radius 3 is 1.38 bits per heavy atom. The molecule has 0 aromatic heterocycles. The smallest absolute Gasteiger partial charge is 0.181 e. The zero-order chi connectivity index (χ0) is 10.7. The Hall–Kier alpha value is -0.240. The van der Waals surface area contributed by atoms with Gasteiger partial charge < -0.3 is 30.6 Å². The average Bonchev–Trinajstić information content (AvgIpc) is 2.08. The lowest BCUT2D eigenvalue weighted by molar-refractivity contribution is -0.252. The van der Waals surface area contributed by atoms with Gasteiger partial charge in [0.25, 0.3) is 0 Å². The van der Waals surface area contributed by atoms with E-state index in [1.54, 1.807) is 0 Å². The van der Waals surface area contributed by atoms with Crippen molar-refractivity contribution in [2.45, 2.75) is 18.8 Å². The third-order valence-corrected chi connectivity index (χ3v) is 2.48. The molecule has 0 rings (SSSR count). The van der Waals surface area contributed by atoms with Crippen molar-refractivity contribution in [2.24, 2.45) is 5.41 Å². The van der Waals surface area contributed by atoms with Gasteiger partial charge in [0.15, 0.2) is 6.29 Å². The highest BCUT2D eigenvalue weighted by molar-refractivity contribution is 4.96. The second-order valence-corrected chi connectivity index (χ2v) is 3.28. The zero-order valence-electron chi connectivity index (χ0n) is 7.38. The van der Waals surface area contributed by atoms with Gasteiger partial charge in [-0.1, -0.05) is 0 Å². The number of aliphatic hydroxyl groups is 6. The Morgan fingerprint density at radius 2 is 1.31 bits per heavy atom. The van der Waals surface area contributed by atoms with Crippen molar-refractivity contribution in [2.75, 3.05) is 19.8 Å². The van der Waals surface area contributed by atoms with Gasteiger partial charge in [0.2, 0.25) is 0 Å². The second kappa shape index (κ2) is 4.32. The molecule has 6 heteroatoms. The van der Waals surface area contributed by atoms with Crippen LogP contribution in [-0.4, -0.2) is 62.4 Å². The predicted octanol–water partition coefficient (Wildman–Crippen LogP) is -2.99. The van der Waals surface area contributed by atoms with E-state index in [1.807, 2.05) is 0 Å². The third-order valence-electron chi connectivity index (χ3n) is 2.48. The van der Waals surface area contributed by atoms with Crippen molar-refractivity contribution in [3.63, 3.8) is 0 Å². The molecule has 0 aliphatic heterocycles. The lowest BCUT2D eigenvalue weighted by atomic mass is 9.74. The molecular formula is C7H16O6. The molecule has 6 N–H and O–H groups in total. The molecular weight excluding hydrogens is 180 g/mol. The normalized spacial score (nSPS) is 17.5. The first kappa shape index (κ1) is 12.8. The number of aliphatic hydroxyl groups excluding tert-OH is 4. The molecule has 0 aliphatic rings. The standard InChI is InChI=1S/C7H16O6/c1-6(13,5(11)12)7(2-8,3-9)4-10/h5,8-13H,2-4H2,1H3. The summed E-state index contributed by atoms with van der Waals surface area (Å²) in [6.45, 7) is -1.26. The summed E-state index contributed by atoms with van der Waals surface area (Å²) in [7, 11) is 0. The summed E-state index contributed by atoms with van der Waals surface area (Å²) in [4.78, 5) is 0. The van der Waals surface area contributed by atoms with Crippen molar-refractivity contribution in [3.05, 3.63) is 0 Å². The van der Waals surface area contributed by atoms with Gasteiger partial charge >= 0.3 is 0 Å². The van der Waals surface area contributed by atoms with Crippen LogP contribution in [-0.2, 0) is 0 Å². The lowest BCUT2D eigenvalue weighted by Gasteiger charge is -2.42. The molecule has 80 valence electrons. The summed E-state index contributed by atoms with van der Waals surface area (Å²) < 4.78 is 0. The van der Waals surface area contributed by atoms with Crippen LogP contribution in [0.3, 0.4) is 0 Å². The molecule has 0 radical (unpaired) electrons. The maximum Gasteiger partial charge on any atom is 0.181 e. The van der Waals surface area contributed by atoms with Gasteiger partial charge in [-0.25, -0.2) is 0 Å². The highest BCUT2D eigenvalue weighted by Crippen LogP contribution is 2.32. The molecule has 0 spiro atoms. The van der Waals surface area contributed by atoms with Gasteiger partial charge in [0.05, 0.1) is 25.2 Å². The first-order valence-corrected chi connectivity index (χ1v) is 3.79. The summed E-state index contributed by atoms with van der Waals surface area (Å²) >= 11 is 0. The molecule has 0 bridgehead atoms. The van der Waals surface area contributed by atoms with Gasteiger partial charge in [0.1, 0.15) is 5.60 Å². The van der Waals surface area contributed by atoms with E-state index in [0.717, 1.165) is 6.92 Å². The van der Waals surface area contributed by atoms with Crippen LogP contribution < -0.4 is 0 Å². The molecule has 1 unspecified atom stereocenters. The molecule has 0 aromatic rings. The van der Waals surface area contributed by atoms with Crippen LogP contribution in [0.15, 0.2) is 0 Å². The maximum atomic E-state index is 9.52. The Labute approximate surface area is 75.7 Å². The molecule has 0 amide bonds. The van der Waals surface area contributed by atoms with E-state index < -0.39 is 37.1 Å². The Morgan fingerprint density at radius 1 is 1.00 bits per heavy atom. The fraction of sp³-hybridized carbons (Fsp3) is 1.00. The maximum absolute atomic E-state index is 9.52. The molecule has 0 saturated heterocycles. The largest absolute Gasteiger partial charge is 0.395 e. The van der Waals surface area contributed by atoms with Crippen molar-refractivity contribution < 1.29 is 30.6 Å². The fourth-order valence-corrected chi connectivity index (χ4v) is 0.904.